The Morgan fingerprint density at radius 3 is 2.45 bits per heavy atom. The van der Waals surface area contributed by atoms with Gasteiger partial charge in [-0.2, -0.15) is 0 Å². The van der Waals surface area contributed by atoms with E-state index in [-0.39, 0.29) is 17.5 Å². The number of rotatable bonds is 8. The predicted octanol–water partition coefficient (Wildman–Crippen LogP) is 4.73. The zero-order valence-electron chi connectivity index (χ0n) is 19.8. The second-order valence-corrected chi connectivity index (χ2v) is 9.59. The van der Waals surface area contributed by atoms with E-state index in [9.17, 15) is 9.18 Å². The van der Waals surface area contributed by atoms with Gasteiger partial charge in [-0.05, 0) is 74.3 Å². The van der Waals surface area contributed by atoms with Gasteiger partial charge in [0.2, 0.25) is 0 Å². The van der Waals surface area contributed by atoms with Crippen molar-refractivity contribution < 1.29 is 9.13 Å². The van der Waals surface area contributed by atoms with Crippen LogP contribution in [0.25, 0.3) is 0 Å². The first-order chi connectivity index (χ1) is 15.9. The Morgan fingerprint density at radius 2 is 1.79 bits per heavy atom. The summed E-state index contributed by atoms with van der Waals surface area (Å²) >= 11 is 0. The topological polar surface area (TPSA) is 39.4 Å². The number of ether oxygens (including phenoxy) is 1. The number of nitrogens with zero attached hydrogens (tertiary/aromatic N) is 3. The number of aromatic nitrogens is 2. The van der Waals surface area contributed by atoms with Crippen LogP contribution in [0, 0.1) is 11.7 Å². The summed E-state index contributed by atoms with van der Waals surface area (Å²) in [6.07, 6.45) is 4.43. The maximum Gasteiger partial charge on any atom is 0.328 e. The van der Waals surface area contributed by atoms with Gasteiger partial charge < -0.3 is 9.64 Å². The molecule has 1 saturated heterocycles. The van der Waals surface area contributed by atoms with Crippen LogP contribution in [0.5, 0.6) is 5.75 Å². The van der Waals surface area contributed by atoms with Gasteiger partial charge in [-0.15, -0.1) is 0 Å². The molecule has 1 fully saturated rings. The quantitative estimate of drug-likeness (QED) is 0.497. The van der Waals surface area contributed by atoms with Crippen LogP contribution in [0.15, 0.2) is 59.5 Å². The van der Waals surface area contributed by atoms with Crippen molar-refractivity contribution in [2.24, 2.45) is 5.92 Å². The van der Waals surface area contributed by atoms with Gasteiger partial charge in [0.05, 0.1) is 13.2 Å². The second-order valence-electron chi connectivity index (χ2n) is 9.59. The van der Waals surface area contributed by atoms with Gasteiger partial charge in [0.15, 0.2) is 0 Å². The van der Waals surface area contributed by atoms with E-state index in [0.717, 1.165) is 48.5 Å². The molecule has 0 spiro atoms. The zero-order chi connectivity index (χ0) is 23.4. The maximum absolute atomic E-state index is 13.8. The Bertz CT molecular complexity index is 1110. The SMILES string of the molecule is CC(C)COc1ccc(Cn2c(Cc3cccc(F)c3)cn(C3CCN(C)CC3)c2=O)cc1. The van der Waals surface area contributed by atoms with E-state index in [1.54, 1.807) is 12.1 Å². The van der Waals surface area contributed by atoms with E-state index in [2.05, 4.69) is 25.8 Å². The van der Waals surface area contributed by atoms with E-state index in [4.69, 9.17) is 4.74 Å². The van der Waals surface area contributed by atoms with Crippen LogP contribution < -0.4 is 10.4 Å². The molecule has 0 aliphatic carbocycles. The molecule has 6 heteroatoms. The third kappa shape index (κ3) is 5.93. The van der Waals surface area contributed by atoms with Crippen LogP contribution in [-0.2, 0) is 13.0 Å². The number of hydrogen-bond donors (Lipinski definition) is 0. The van der Waals surface area contributed by atoms with Crippen molar-refractivity contribution in [2.45, 2.75) is 45.7 Å². The van der Waals surface area contributed by atoms with Gasteiger partial charge in [0.1, 0.15) is 11.6 Å². The highest BCUT2D eigenvalue weighted by atomic mass is 19.1. The van der Waals surface area contributed by atoms with Crippen molar-refractivity contribution in [1.82, 2.24) is 14.0 Å². The lowest BCUT2D eigenvalue weighted by Crippen LogP contribution is -2.35. The average molecular weight is 452 g/mol. The highest BCUT2D eigenvalue weighted by molar-refractivity contribution is 5.28. The van der Waals surface area contributed by atoms with E-state index < -0.39 is 0 Å². The summed E-state index contributed by atoms with van der Waals surface area (Å²) in [5, 5.41) is 0. The first-order valence-electron chi connectivity index (χ1n) is 11.8. The van der Waals surface area contributed by atoms with Crippen LogP contribution in [0.1, 0.15) is 49.6 Å². The number of piperidine rings is 1. The molecule has 0 bridgehead atoms. The van der Waals surface area contributed by atoms with Gasteiger partial charge in [-0.25, -0.2) is 9.18 Å². The van der Waals surface area contributed by atoms with Crippen LogP contribution in [-0.4, -0.2) is 40.8 Å². The van der Waals surface area contributed by atoms with Crippen molar-refractivity contribution in [3.63, 3.8) is 0 Å². The molecule has 1 aliphatic rings. The third-order valence-electron chi connectivity index (χ3n) is 6.29. The van der Waals surface area contributed by atoms with Crippen molar-refractivity contribution in [1.29, 1.82) is 0 Å². The lowest BCUT2D eigenvalue weighted by Gasteiger charge is -2.29. The molecule has 3 aromatic rings. The van der Waals surface area contributed by atoms with E-state index in [1.807, 2.05) is 45.7 Å². The zero-order valence-corrected chi connectivity index (χ0v) is 19.8. The van der Waals surface area contributed by atoms with Crippen LogP contribution >= 0.6 is 0 Å². The lowest BCUT2D eigenvalue weighted by atomic mass is 10.1. The van der Waals surface area contributed by atoms with Crippen LogP contribution in [0.2, 0.25) is 0 Å². The molecule has 2 aromatic carbocycles. The van der Waals surface area contributed by atoms with Gasteiger partial charge in [0.25, 0.3) is 0 Å². The first kappa shape index (κ1) is 23.3. The summed E-state index contributed by atoms with van der Waals surface area (Å²) in [6, 6.07) is 14.8. The summed E-state index contributed by atoms with van der Waals surface area (Å²) in [5.74, 6) is 1.05. The highest BCUT2D eigenvalue weighted by Crippen LogP contribution is 2.22. The minimum Gasteiger partial charge on any atom is -0.493 e. The molecule has 5 nitrogen and oxygen atoms in total. The number of benzene rings is 2. The predicted molar refractivity (Wildman–Crippen MR) is 130 cm³/mol. The van der Waals surface area contributed by atoms with Crippen LogP contribution in [0.3, 0.4) is 0 Å². The highest BCUT2D eigenvalue weighted by Gasteiger charge is 2.22. The molecule has 33 heavy (non-hydrogen) atoms. The van der Waals surface area contributed by atoms with E-state index in [0.29, 0.717) is 25.5 Å². The summed E-state index contributed by atoms with van der Waals surface area (Å²) in [4.78, 5) is 15.8. The Labute approximate surface area is 195 Å². The fourth-order valence-corrected chi connectivity index (χ4v) is 4.39. The summed E-state index contributed by atoms with van der Waals surface area (Å²) < 4.78 is 23.3. The molecular weight excluding hydrogens is 417 g/mol. The molecule has 0 amide bonds. The number of likely N-dealkylation sites (tertiary alicyclic amines) is 1. The maximum atomic E-state index is 13.8. The molecule has 1 aliphatic heterocycles. The number of hydrogen-bond acceptors (Lipinski definition) is 3. The summed E-state index contributed by atoms with van der Waals surface area (Å²) in [5.41, 5.74) is 2.82. The smallest absolute Gasteiger partial charge is 0.328 e. The second kappa shape index (κ2) is 10.4. The van der Waals surface area contributed by atoms with Crippen LogP contribution in [0.4, 0.5) is 4.39 Å². The molecule has 0 saturated carbocycles. The minimum absolute atomic E-state index is 0.0103. The van der Waals surface area contributed by atoms with Gasteiger partial charge >= 0.3 is 5.69 Å². The Kier molecular flexibility index (Phi) is 7.33. The molecule has 0 atom stereocenters. The molecule has 0 N–H and O–H groups in total. The van der Waals surface area contributed by atoms with Gasteiger partial charge in [-0.3, -0.25) is 9.13 Å². The fourth-order valence-electron chi connectivity index (χ4n) is 4.39. The molecule has 4 rings (SSSR count). The largest absolute Gasteiger partial charge is 0.493 e. The molecule has 1 aromatic heterocycles. The van der Waals surface area contributed by atoms with Crippen molar-refractivity contribution in [3.8, 4) is 5.75 Å². The summed E-state index contributed by atoms with van der Waals surface area (Å²) in [6.45, 7) is 7.37. The number of imidazole rings is 1. The number of halogens is 1. The van der Waals surface area contributed by atoms with Crippen molar-refractivity contribution in [2.75, 3.05) is 26.7 Å². The fraction of sp³-hybridized carbons (Fsp3) is 0.444. The third-order valence-corrected chi connectivity index (χ3v) is 6.29. The first-order valence-corrected chi connectivity index (χ1v) is 11.8. The van der Waals surface area contributed by atoms with Gasteiger partial charge in [-0.1, -0.05) is 38.1 Å². The molecular formula is C27H34FN3O2. The van der Waals surface area contributed by atoms with Gasteiger partial charge in [0, 0.05) is 24.4 Å². The van der Waals surface area contributed by atoms with Crippen molar-refractivity contribution >= 4 is 0 Å². The van der Waals surface area contributed by atoms with Crippen molar-refractivity contribution in [3.05, 3.63) is 87.9 Å². The normalized spacial score (nSPS) is 15.3. The molecule has 0 radical (unpaired) electrons. The monoisotopic (exact) mass is 451 g/mol. The lowest BCUT2D eigenvalue weighted by molar-refractivity contribution is 0.218. The average Bonchev–Trinajstić information content (AvgIpc) is 3.09. The Morgan fingerprint density at radius 1 is 1.06 bits per heavy atom. The Hall–Kier alpha value is -2.86. The van der Waals surface area contributed by atoms with E-state index >= 15 is 0 Å². The standard InChI is InChI=1S/C27H34FN3O2/c1-20(2)19-33-26-9-7-21(8-10-26)17-30-25(16-22-5-4-6-23(28)15-22)18-31(27(30)32)24-11-13-29(3)14-12-24/h4-10,15,18,20,24H,11-14,16-17,19H2,1-3H3. The Balaban J connectivity index is 1.61. The molecule has 0 unspecified atom stereocenters. The summed E-state index contributed by atoms with van der Waals surface area (Å²) in [7, 11) is 2.12. The molecule has 2 heterocycles. The van der Waals surface area contributed by atoms with E-state index in [1.165, 1.54) is 6.07 Å². The molecule has 176 valence electrons. The minimum atomic E-state index is -0.256.